The number of amides is 1. The van der Waals surface area contributed by atoms with Crippen LogP contribution in [0.25, 0.3) is 0 Å². The van der Waals surface area contributed by atoms with E-state index in [2.05, 4.69) is 84.5 Å². The second-order valence-corrected chi connectivity index (χ2v) is 19.1. The van der Waals surface area contributed by atoms with Gasteiger partial charge in [-0.05, 0) is 110 Å². The molecular formula is C52H69ClN18O8. The van der Waals surface area contributed by atoms with Crippen molar-refractivity contribution < 1.29 is 34.2 Å². The fourth-order valence-corrected chi connectivity index (χ4v) is 6.96. The summed E-state index contributed by atoms with van der Waals surface area (Å²) in [6.45, 7) is 16.0. The van der Waals surface area contributed by atoms with Crippen LogP contribution in [-0.2, 0) is 20.8 Å². The Kier molecular flexibility index (Phi) is 23.2. The van der Waals surface area contributed by atoms with Crippen LogP contribution in [0, 0.1) is 10.1 Å². The van der Waals surface area contributed by atoms with Gasteiger partial charge >= 0.3 is 0 Å². The van der Waals surface area contributed by atoms with E-state index in [4.69, 9.17) is 21.1 Å². The van der Waals surface area contributed by atoms with Gasteiger partial charge in [-0.1, -0.05) is 13.2 Å². The van der Waals surface area contributed by atoms with E-state index < -0.39 is 21.4 Å². The van der Waals surface area contributed by atoms with Gasteiger partial charge in [-0.3, -0.25) is 29.7 Å². The second kappa shape index (κ2) is 29.2. The van der Waals surface area contributed by atoms with Crippen molar-refractivity contribution in [3.8, 4) is 11.5 Å². The first-order valence-corrected chi connectivity index (χ1v) is 24.5. The molecular weight excluding hydrogens is 1040 g/mol. The van der Waals surface area contributed by atoms with Crippen LogP contribution in [-0.4, -0.2) is 159 Å². The lowest BCUT2D eigenvalue weighted by Crippen LogP contribution is -2.29. The molecule has 0 saturated carbocycles. The minimum atomic E-state index is -1.19. The number of carbonyl (C=O) groups is 2. The molecule has 0 atom stereocenters. The largest absolute Gasteiger partial charge is 0.494 e. The maximum atomic E-state index is 12.2. The molecule has 7 N–H and O–H groups in total. The summed E-state index contributed by atoms with van der Waals surface area (Å²) in [5, 5.41) is 47.3. The number of benzene rings is 2. The predicted molar refractivity (Wildman–Crippen MR) is 308 cm³/mol. The first-order valence-electron chi connectivity index (χ1n) is 24.2. The van der Waals surface area contributed by atoms with E-state index in [9.17, 15) is 29.9 Å². The Morgan fingerprint density at radius 2 is 1.03 bits per heavy atom. The molecule has 79 heavy (non-hydrogen) atoms. The maximum absolute atomic E-state index is 12.2. The molecule has 4 aromatic heterocycles. The number of likely N-dealkylation sites (N-methyl/N-ethyl adjacent to an activating group) is 4. The molecule has 0 aliphatic rings. The van der Waals surface area contributed by atoms with Crippen LogP contribution in [0.2, 0.25) is 0 Å². The summed E-state index contributed by atoms with van der Waals surface area (Å²) in [5.74, 6) is 1.40. The first-order chi connectivity index (χ1) is 37.3. The first kappa shape index (κ1) is 62.8. The summed E-state index contributed by atoms with van der Waals surface area (Å²) in [4.78, 5) is 75.0. The van der Waals surface area contributed by atoms with Gasteiger partial charge in [0, 0.05) is 70.9 Å². The zero-order valence-electron chi connectivity index (χ0n) is 46.4. The Labute approximate surface area is 464 Å². The van der Waals surface area contributed by atoms with Gasteiger partial charge in [0.2, 0.25) is 34.9 Å². The predicted octanol–water partition coefficient (Wildman–Crippen LogP) is 6.95. The number of aromatic nitrogens is 8. The molecule has 27 heteroatoms. The monoisotopic (exact) mass is 1110 g/mol. The summed E-state index contributed by atoms with van der Waals surface area (Å²) < 4.78 is 11.1. The molecule has 26 nitrogen and oxygen atoms in total. The zero-order valence-corrected chi connectivity index (χ0v) is 47.1. The van der Waals surface area contributed by atoms with E-state index >= 15 is 0 Å². The number of aliphatic hydroxyl groups is 2. The number of rotatable bonds is 24. The molecule has 0 aliphatic heterocycles. The molecule has 4 heterocycles. The molecule has 422 valence electrons. The second-order valence-electron chi connectivity index (χ2n) is 18.7. The quantitative estimate of drug-likeness (QED) is 0.0140. The summed E-state index contributed by atoms with van der Waals surface area (Å²) in [6.07, 6.45) is 8.10. The van der Waals surface area contributed by atoms with Crippen molar-refractivity contribution in [1.29, 1.82) is 0 Å². The molecule has 6 aromatic rings. The molecule has 6 rings (SSSR count). The highest BCUT2D eigenvalue weighted by Crippen LogP contribution is 2.40. The minimum absolute atomic E-state index is 0.0860. The van der Waals surface area contributed by atoms with Crippen LogP contribution >= 0.6 is 11.6 Å². The van der Waals surface area contributed by atoms with Crippen LogP contribution in [0.5, 0.6) is 11.5 Å². The number of anilines is 11. The van der Waals surface area contributed by atoms with Crippen molar-refractivity contribution in [3.05, 3.63) is 120 Å². The molecule has 0 radical (unpaired) electrons. The number of allylic oxidation sites excluding steroid dienone is 1. The lowest BCUT2D eigenvalue weighted by atomic mass is 10.0. The summed E-state index contributed by atoms with van der Waals surface area (Å²) >= 11 is 4.71. The smallest absolute Gasteiger partial charge is 0.294 e. The number of pyridine rings is 2. The third-order valence-corrected chi connectivity index (χ3v) is 11.1. The van der Waals surface area contributed by atoms with Crippen LogP contribution in [0.4, 0.5) is 69.3 Å². The summed E-state index contributed by atoms with van der Waals surface area (Å²) in [6, 6.07) is 13.6. The van der Waals surface area contributed by atoms with Crippen molar-refractivity contribution in [2.75, 3.05) is 119 Å². The maximum Gasteiger partial charge on any atom is 0.294 e. The SMILES string of the molecule is C=CC(=O)Cl.C=CC(=O)Nc1cc(Nc2ncnc(Nc3cccnc3C(C)(C)O)n2)c(OC)cc1N(C)CCN(C)C.COc1cc(N(C)CCN(C)C)c([N+](=O)[O-])cc1Nc1ncnc(Nc2cccnc2C(C)(C)O)n1. The van der Waals surface area contributed by atoms with Gasteiger partial charge in [0.25, 0.3) is 5.69 Å². The number of halogens is 1. The van der Waals surface area contributed by atoms with Gasteiger partial charge in [0.1, 0.15) is 41.0 Å². The number of nitro groups is 1. The summed E-state index contributed by atoms with van der Waals surface area (Å²) in [7, 11) is 14.7. The number of carbonyl (C=O) groups excluding carboxylic acids is 2. The number of nitrogens with one attached hydrogen (secondary N) is 5. The van der Waals surface area contributed by atoms with Crippen molar-refractivity contribution in [3.63, 3.8) is 0 Å². The van der Waals surface area contributed by atoms with Crippen LogP contribution in [0.1, 0.15) is 39.1 Å². The van der Waals surface area contributed by atoms with Gasteiger partial charge in [-0.25, -0.2) is 19.9 Å². The van der Waals surface area contributed by atoms with Crippen molar-refractivity contribution >= 4 is 92.0 Å². The van der Waals surface area contributed by atoms with Crippen LogP contribution < -0.4 is 45.9 Å². The van der Waals surface area contributed by atoms with E-state index in [1.165, 1.54) is 31.9 Å². The lowest BCUT2D eigenvalue weighted by molar-refractivity contribution is -0.384. The van der Waals surface area contributed by atoms with E-state index in [-0.39, 0.29) is 35.4 Å². The Bertz CT molecular complexity index is 3040. The van der Waals surface area contributed by atoms with Crippen molar-refractivity contribution in [2.45, 2.75) is 38.9 Å². The number of nitro benzene ring substituents is 1. The topological polar surface area (TPSA) is 312 Å². The van der Waals surface area contributed by atoms with E-state index in [1.54, 1.807) is 90.6 Å². The average molecular weight is 1110 g/mol. The zero-order chi connectivity index (χ0) is 58.6. The number of methoxy groups -OCH3 is 2. The molecule has 2 aromatic carbocycles. The van der Waals surface area contributed by atoms with E-state index in [0.29, 0.717) is 63.6 Å². The van der Waals surface area contributed by atoms with E-state index in [0.717, 1.165) is 31.4 Å². The Hall–Kier alpha value is -8.69. The highest BCUT2D eigenvalue weighted by Gasteiger charge is 2.26. The van der Waals surface area contributed by atoms with Crippen LogP contribution in [0.3, 0.4) is 0 Å². The Balaban J connectivity index is 0.000000314. The number of hydrogen-bond acceptors (Lipinski definition) is 24. The number of ether oxygens (including phenoxy) is 2. The highest BCUT2D eigenvalue weighted by molar-refractivity contribution is 6.66. The third-order valence-electron chi connectivity index (χ3n) is 10.9. The molecule has 0 bridgehead atoms. The fourth-order valence-electron chi connectivity index (χ4n) is 6.96. The van der Waals surface area contributed by atoms with Crippen molar-refractivity contribution in [1.82, 2.24) is 49.7 Å². The number of hydrogen-bond donors (Lipinski definition) is 7. The molecule has 0 saturated heterocycles. The van der Waals surface area contributed by atoms with Crippen molar-refractivity contribution in [2.24, 2.45) is 0 Å². The molecule has 1 amide bonds. The van der Waals surface area contributed by atoms with Crippen LogP contribution in [0.15, 0.2) is 98.9 Å². The fraction of sp³-hybridized carbons (Fsp3) is 0.346. The number of nitrogens with zero attached hydrogens (tertiary/aromatic N) is 13. The molecule has 0 fully saturated rings. The van der Waals surface area contributed by atoms with Gasteiger partial charge < -0.3 is 65.9 Å². The average Bonchev–Trinajstić information content (AvgIpc) is 3.40. The molecule has 0 spiro atoms. The van der Waals surface area contributed by atoms with Gasteiger partial charge in [0.05, 0.1) is 64.7 Å². The van der Waals surface area contributed by atoms with Gasteiger partial charge in [-0.15, -0.1) is 0 Å². The lowest BCUT2D eigenvalue weighted by Gasteiger charge is -2.26. The normalized spacial score (nSPS) is 10.9. The Morgan fingerprint density at radius 3 is 1.39 bits per heavy atom. The third kappa shape index (κ3) is 19.4. The van der Waals surface area contributed by atoms with E-state index in [1.807, 2.05) is 56.0 Å². The minimum Gasteiger partial charge on any atom is -0.494 e. The van der Waals surface area contributed by atoms with Gasteiger partial charge in [-0.2, -0.15) is 9.97 Å². The highest BCUT2D eigenvalue weighted by atomic mass is 35.5. The Morgan fingerprint density at radius 1 is 0.633 bits per heavy atom. The summed E-state index contributed by atoms with van der Waals surface area (Å²) in [5.41, 5.74) is 2.15. The van der Waals surface area contributed by atoms with Gasteiger partial charge in [0.15, 0.2) is 0 Å². The molecule has 0 unspecified atom stereocenters. The standard InChI is InChI=1S/C26H35N9O3.C23H31N9O4.C3H3ClO/c1-8-22(36)30-18-14-19(21(38-7)15-20(18)35(6)13-12-34(4)5)32-25-29-16-28-24(33-25)31-17-10-9-11-27-23(17)26(2,3)37;1-23(2,33)20-15(8-7-9-24-20)27-21-25-14-26-22(29-21)28-16-12-18(32(34)35)17(13-19(16)36-6)31(5)11-10-30(3)4;1-2-3(4)5/h8-11,14-16,37H,1,12-13H2,2-7H3,(H,30,36)(H2,28,29,31,32,33);7-9,12-14,33H,10-11H2,1-6H3,(H2,25,26,27,28,29);2H,1H2. The molecule has 0 aliphatic carbocycles.